The van der Waals surface area contributed by atoms with Gasteiger partial charge in [0, 0.05) is 0 Å². The van der Waals surface area contributed by atoms with E-state index in [1.165, 1.54) is 25.7 Å². The summed E-state index contributed by atoms with van der Waals surface area (Å²) >= 11 is 0. The van der Waals surface area contributed by atoms with Crippen molar-refractivity contribution in [3.63, 3.8) is 0 Å². The van der Waals surface area contributed by atoms with Gasteiger partial charge in [-0.05, 0) is 131 Å². The van der Waals surface area contributed by atoms with Crippen molar-refractivity contribution in [2.45, 2.75) is 123 Å². The maximum Gasteiger partial charge on any atom is 0.0656 e. The Bertz CT molecular complexity index is 637. The topological polar surface area (TPSA) is 60.7 Å². The van der Waals surface area contributed by atoms with Crippen LogP contribution in [0, 0.1) is 46.3 Å². The van der Waals surface area contributed by atoms with Crippen LogP contribution >= 0.6 is 0 Å². The smallest absolute Gasteiger partial charge is 0.0656 e. The molecule has 0 amide bonds. The van der Waals surface area contributed by atoms with E-state index in [9.17, 15) is 15.3 Å². The van der Waals surface area contributed by atoms with Crippen molar-refractivity contribution in [2.24, 2.45) is 46.3 Å². The van der Waals surface area contributed by atoms with E-state index in [0.717, 1.165) is 38.5 Å². The fourth-order valence-electron chi connectivity index (χ4n) is 9.34. The molecule has 0 spiro atoms. The van der Waals surface area contributed by atoms with E-state index in [4.69, 9.17) is 0 Å². The lowest BCUT2D eigenvalue weighted by atomic mass is 9.41. The summed E-state index contributed by atoms with van der Waals surface area (Å²) in [4.78, 5) is 0. The molecule has 4 aliphatic rings. The molecule has 0 saturated heterocycles. The Balaban J connectivity index is 1.58. The highest BCUT2D eigenvalue weighted by molar-refractivity contribution is 5.14. The lowest BCUT2D eigenvalue weighted by Gasteiger charge is -2.65. The van der Waals surface area contributed by atoms with Gasteiger partial charge in [-0.2, -0.15) is 0 Å². The third-order valence-electron chi connectivity index (χ3n) is 11.0. The number of hydrogen-bond donors (Lipinski definition) is 3. The van der Waals surface area contributed by atoms with Gasteiger partial charge in [-0.15, -0.1) is 0 Å². The van der Waals surface area contributed by atoms with Crippen LogP contribution in [0.25, 0.3) is 0 Å². The molecule has 0 aromatic heterocycles. The first kappa shape index (κ1) is 23.1. The summed E-state index contributed by atoms with van der Waals surface area (Å²) in [7, 11) is 0. The largest absolute Gasteiger partial charge is 0.393 e. The highest BCUT2D eigenvalue weighted by Gasteiger charge is 2.65. The lowest BCUT2D eigenvalue weighted by molar-refractivity contribution is -0.212. The minimum absolute atomic E-state index is 0.170. The Morgan fingerprint density at radius 2 is 1.60 bits per heavy atom. The molecule has 0 radical (unpaired) electrons. The third kappa shape index (κ3) is 3.69. The van der Waals surface area contributed by atoms with Crippen molar-refractivity contribution >= 4 is 0 Å². The zero-order valence-electron chi connectivity index (χ0n) is 20.5. The molecule has 0 aromatic carbocycles. The number of fused-ring (bicyclic) bond motifs is 5. The molecular weight excluding hydrogens is 372 g/mol. The van der Waals surface area contributed by atoms with E-state index < -0.39 is 11.2 Å². The fraction of sp³-hybridized carbons (Fsp3) is 1.00. The van der Waals surface area contributed by atoms with Crippen molar-refractivity contribution in [1.29, 1.82) is 0 Å². The summed E-state index contributed by atoms with van der Waals surface area (Å²) in [6.07, 6.45) is 10.7. The van der Waals surface area contributed by atoms with Crippen LogP contribution in [0.5, 0.6) is 0 Å². The standard InChI is InChI=1S/C27H48O3/c1-17(9-12-24(2,3)29)20-7-8-21-23-22(11-14-26(20,21)5)25(4)13-10-19(28)15-18(25)16-27(23,6)30/h17-23,28-30H,7-16H2,1-6H3/t17-,18?,19-,20?,21?,22?,23?,25+,26-,27-/m1/s1. The third-order valence-corrected chi connectivity index (χ3v) is 11.0. The minimum Gasteiger partial charge on any atom is -0.393 e. The van der Waals surface area contributed by atoms with E-state index in [1.807, 2.05) is 13.8 Å². The molecule has 4 aliphatic carbocycles. The molecule has 3 N–H and O–H groups in total. The van der Waals surface area contributed by atoms with Gasteiger partial charge in [0.1, 0.15) is 0 Å². The predicted molar refractivity (Wildman–Crippen MR) is 122 cm³/mol. The summed E-state index contributed by atoms with van der Waals surface area (Å²) in [6.45, 7) is 13.4. The normalized spacial score (nSPS) is 52.3. The molecule has 0 aliphatic heterocycles. The van der Waals surface area contributed by atoms with Crippen LogP contribution in [0.2, 0.25) is 0 Å². The number of rotatable bonds is 4. The van der Waals surface area contributed by atoms with Crippen LogP contribution in [0.15, 0.2) is 0 Å². The second-order valence-corrected chi connectivity index (χ2v) is 13.5. The maximum absolute atomic E-state index is 11.8. The Morgan fingerprint density at radius 1 is 0.967 bits per heavy atom. The zero-order chi connectivity index (χ0) is 22.1. The molecule has 4 saturated carbocycles. The van der Waals surface area contributed by atoms with Crippen molar-refractivity contribution in [3.05, 3.63) is 0 Å². The number of aliphatic hydroxyl groups is 3. The van der Waals surface area contributed by atoms with Crippen LogP contribution in [0.4, 0.5) is 0 Å². The average molecular weight is 421 g/mol. The van der Waals surface area contributed by atoms with Gasteiger partial charge in [0.05, 0.1) is 17.3 Å². The maximum atomic E-state index is 11.8. The molecule has 0 bridgehead atoms. The van der Waals surface area contributed by atoms with Crippen LogP contribution in [-0.4, -0.2) is 32.6 Å². The first-order chi connectivity index (χ1) is 13.8. The summed E-state index contributed by atoms with van der Waals surface area (Å²) in [6, 6.07) is 0. The van der Waals surface area contributed by atoms with Crippen LogP contribution in [0.3, 0.4) is 0 Å². The van der Waals surface area contributed by atoms with Gasteiger partial charge in [0.2, 0.25) is 0 Å². The van der Waals surface area contributed by atoms with Gasteiger partial charge >= 0.3 is 0 Å². The first-order valence-corrected chi connectivity index (χ1v) is 12.9. The summed E-state index contributed by atoms with van der Waals surface area (Å²) in [5.41, 5.74) is -0.573. The Hall–Kier alpha value is -0.120. The Morgan fingerprint density at radius 3 is 2.27 bits per heavy atom. The van der Waals surface area contributed by atoms with E-state index >= 15 is 0 Å². The van der Waals surface area contributed by atoms with E-state index in [0.29, 0.717) is 40.9 Å². The molecule has 0 heterocycles. The van der Waals surface area contributed by atoms with Crippen molar-refractivity contribution < 1.29 is 15.3 Å². The SMILES string of the molecule is C[C@H](CCC(C)(C)O)C1CCC2C3C(CC[C@@]21C)[C@@]1(C)CC[C@@H](O)CC1C[C@@]3(C)O. The Kier molecular flexibility index (Phi) is 5.73. The molecule has 5 unspecified atom stereocenters. The van der Waals surface area contributed by atoms with Gasteiger partial charge in [-0.25, -0.2) is 0 Å². The first-order valence-electron chi connectivity index (χ1n) is 12.9. The predicted octanol–water partition coefficient (Wildman–Crippen LogP) is 5.55. The van der Waals surface area contributed by atoms with Crippen LogP contribution < -0.4 is 0 Å². The van der Waals surface area contributed by atoms with Gasteiger partial charge in [0.15, 0.2) is 0 Å². The molecular formula is C27H48O3. The second-order valence-electron chi connectivity index (χ2n) is 13.5. The van der Waals surface area contributed by atoms with Crippen LogP contribution in [-0.2, 0) is 0 Å². The summed E-state index contributed by atoms with van der Waals surface area (Å²) in [5, 5.41) is 32.4. The van der Waals surface area contributed by atoms with Gasteiger partial charge in [-0.1, -0.05) is 20.8 Å². The Labute approximate surface area is 185 Å². The summed E-state index contributed by atoms with van der Waals surface area (Å²) < 4.78 is 0. The molecule has 10 atom stereocenters. The summed E-state index contributed by atoms with van der Waals surface area (Å²) in [5.74, 6) is 3.42. The fourth-order valence-corrected chi connectivity index (χ4v) is 9.34. The number of hydrogen-bond acceptors (Lipinski definition) is 3. The molecule has 3 heteroatoms. The van der Waals surface area contributed by atoms with Crippen molar-refractivity contribution in [1.82, 2.24) is 0 Å². The van der Waals surface area contributed by atoms with E-state index in [2.05, 4.69) is 27.7 Å². The van der Waals surface area contributed by atoms with Crippen LogP contribution in [0.1, 0.15) is 106 Å². The highest BCUT2D eigenvalue weighted by Crippen LogP contribution is 2.70. The van der Waals surface area contributed by atoms with Gasteiger partial charge < -0.3 is 15.3 Å². The number of aliphatic hydroxyl groups excluding tert-OH is 1. The van der Waals surface area contributed by atoms with E-state index in [1.54, 1.807) is 0 Å². The molecule has 3 nitrogen and oxygen atoms in total. The monoisotopic (exact) mass is 420 g/mol. The van der Waals surface area contributed by atoms with E-state index in [-0.39, 0.29) is 11.5 Å². The molecule has 0 aromatic rings. The molecule has 30 heavy (non-hydrogen) atoms. The second kappa shape index (κ2) is 7.45. The van der Waals surface area contributed by atoms with Gasteiger partial charge in [0.25, 0.3) is 0 Å². The minimum atomic E-state index is -0.608. The van der Waals surface area contributed by atoms with Crippen molar-refractivity contribution in [3.8, 4) is 0 Å². The quantitative estimate of drug-likeness (QED) is 0.558. The zero-order valence-corrected chi connectivity index (χ0v) is 20.5. The van der Waals surface area contributed by atoms with Gasteiger partial charge in [-0.3, -0.25) is 0 Å². The van der Waals surface area contributed by atoms with Crippen molar-refractivity contribution in [2.75, 3.05) is 0 Å². The highest BCUT2D eigenvalue weighted by atomic mass is 16.3. The molecule has 4 fully saturated rings. The molecule has 4 rings (SSSR count). The molecule has 174 valence electrons. The lowest BCUT2D eigenvalue weighted by Crippen LogP contribution is -2.62. The average Bonchev–Trinajstić information content (AvgIpc) is 2.97.